The summed E-state index contributed by atoms with van der Waals surface area (Å²) in [7, 11) is 0. The van der Waals surface area contributed by atoms with Crippen LogP contribution in [0.15, 0.2) is 49.2 Å². The molecule has 2 aromatic carbocycles. The average Bonchev–Trinajstić information content (AvgIpc) is 2.78. The lowest BCUT2D eigenvalue weighted by Crippen LogP contribution is -2.22. The van der Waals surface area contributed by atoms with Crippen molar-refractivity contribution in [1.29, 1.82) is 0 Å². The smallest absolute Gasteiger partial charge is 0.344 e. The Hall–Kier alpha value is -3.12. The molecule has 0 radical (unpaired) electrons. The van der Waals surface area contributed by atoms with Crippen molar-refractivity contribution in [3.63, 3.8) is 0 Å². The first-order valence-electron chi connectivity index (χ1n) is 10.3. The molecule has 0 aliphatic heterocycles. The summed E-state index contributed by atoms with van der Waals surface area (Å²) in [5.41, 5.74) is -0.0278. The zero-order valence-corrected chi connectivity index (χ0v) is 21.5. The van der Waals surface area contributed by atoms with E-state index in [2.05, 4.69) is 41.9 Å². The van der Waals surface area contributed by atoms with Crippen LogP contribution in [0.25, 0.3) is 10.9 Å². The number of hydrogen-bond acceptors (Lipinski definition) is 8. The van der Waals surface area contributed by atoms with Crippen LogP contribution in [0.3, 0.4) is 0 Å². The van der Waals surface area contributed by atoms with E-state index >= 15 is 0 Å². The average molecular weight is 596 g/mol. The molecule has 0 fully saturated rings. The number of ether oxygens (including phenoxy) is 2. The molecule has 34 heavy (non-hydrogen) atoms. The number of rotatable bonds is 9. The number of carbonyl (C=O) groups is 1. The molecule has 0 saturated carbocycles. The summed E-state index contributed by atoms with van der Waals surface area (Å²) < 4.78 is 12.6. The Morgan fingerprint density at radius 3 is 2.68 bits per heavy atom. The Kier molecular flexibility index (Phi) is 8.51. The molecule has 10 nitrogen and oxygen atoms in total. The summed E-state index contributed by atoms with van der Waals surface area (Å²) in [5.74, 6) is -0.406. The van der Waals surface area contributed by atoms with Crippen LogP contribution in [0.4, 0.5) is 5.69 Å². The molecule has 3 rings (SSSR count). The van der Waals surface area contributed by atoms with Crippen molar-refractivity contribution in [3.8, 4) is 5.75 Å². The number of nitro benzene ring substituents is 1. The third kappa shape index (κ3) is 5.86. The molecule has 0 bridgehead atoms. The van der Waals surface area contributed by atoms with Crippen LogP contribution < -0.4 is 10.3 Å². The maximum Gasteiger partial charge on any atom is 0.344 e. The summed E-state index contributed by atoms with van der Waals surface area (Å²) in [6.45, 7) is 3.21. The van der Waals surface area contributed by atoms with E-state index in [0.717, 1.165) is 10.9 Å². The van der Waals surface area contributed by atoms with Crippen LogP contribution in [0, 0.1) is 10.1 Å². The molecule has 0 N–H and O–H groups in total. The van der Waals surface area contributed by atoms with Crippen molar-refractivity contribution in [2.75, 3.05) is 13.2 Å². The second kappa shape index (κ2) is 11.3. The first-order valence-corrected chi connectivity index (χ1v) is 11.9. The van der Waals surface area contributed by atoms with E-state index in [9.17, 15) is 19.7 Å². The summed E-state index contributed by atoms with van der Waals surface area (Å²) in [6, 6.07) is 7.98. The molecule has 0 spiro atoms. The highest BCUT2D eigenvalue weighted by Gasteiger charge is 2.22. The van der Waals surface area contributed by atoms with Crippen LogP contribution in [0.2, 0.25) is 0 Å². The van der Waals surface area contributed by atoms with E-state index in [1.807, 2.05) is 6.92 Å². The van der Waals surface area contributed by atoms with Crippen molar-refractivity contribution in [2.24, 2.45) is 5.10 Å². The van der Waals surface area contributed by atoms with Gasteiger partial charge in [0, 0.05) is 27.0 Å². The van der Waals surface area contributed by atoms with Gasteiger partial charge in [-0.15, -0.1) is 0 Å². The van der Waals surface area contributed by atoms with E-state index in [1.54, 1.807) is 25.1 Å². The minimum atomic E-state index is -0.673. The fourth-order valence-corrected chi connectivity index (χ4v) is 3.97. The molecule has 0 amide bonds. The minimum Gasteiger partial charge on any atom is -0.474 e. The van der Waals surface area contributed by atoms with E-state index < -0.39 is 17.5 Å². The van der Waals surface area contributed by atoms with E-state index in [1.165, 1.54) is 23.0 Å². The van der Waals surface area contributed by atoms with Gasteiger partial charge >= 0.3 is 11.7 Å². The van der Waals surface area contributed by atoms with Gasteiger partial charge in [-0.05, 0) is 37.6 Å². The van der Waals surface area contributed by atoms with Gasteiger partial charge < -0.3 is 9.47 Å². The third-order valence-electron chi connectivity index (χ3n) is 4.56. The Morgan fingerprint density at radius 1 is 1.24 bits per heavy atom. The molecule has 1 heterocycles. The predicted octanol–water partition coefficient (Wildman–Crippen LogP) is 4.61. The van der Waals surface area contributed by atoms with Gasteiger partial charge in [-0.25, -0.2) is 9.78 Å². The van der Waals surface area contributed by atoms with E-state index in [-0.39, 0.29) is 29.2 Å². The molecule has 0 unspecified atom stereocenters. The van der Waals surface area contributed by atoms with Crippen molar-refractivity contribution < 1.29 is 19.2 Å². The quantitative estimate of drug-likeness (QED) is 0.153. The molecular weight excluding hydrogens is 576 g/mol. The van der Waals surface area contributed by atoms with Gasteiger partial charge in [0.05, 0.1) is 28.6 Å². The molecule has 0 saturated heterocycles. The summed E-state index contributed by atoms with van der Waals surface area (Å²) in [5, 5.41) is 16.3. The van der Waals surface area contributed by atoms with E-state index in [0.29, 0.717) is 27.6 Å². The highest BCUT2D eigenvalue weighted by molar-refractivity contribution is 9.10. The van der Waals surface area contributed by atoms with Crippen LogP contribution >= 0.6 is 31.9 Å². The number of carbonyl (C=O) groups excluding carboxylic acids is 1. The number of halogens is 2. The van der Waals surface area contributed by atoms with Gasteiger partial charge in [-0.1, -0.05) is 38.8 Å². The molecule has 0 aliphatic carbocycles. The van der Waals surface area contributed by atoms with Gasteiger partial charge in [-0.3, -0.25) is 14.9 Å². The summed E-state index contributed by atoms with van der Waals surface area (Å²) in [4.78, 5) is 40.5. The molecule has 12 heteroatoms. The van der Waals surface area contributed by atoms with Gasteiger partial charge in [-0.2, -0.15) is 9.78 Å². The van der Waals surface area contributed by atoms with Gasteiger partial charge in [0.1, 0.15) is 5.82 Å². The maximum absolute atomic E-state index is 13.2. The number of nitrogens with zero attached hydrogens (tertiary/aromatic N) is 4. The number of aryl methyl sites for hydroxylation is 1. The van der Waals surface area contributed by atoms with Crippen molar-refractivity contribution in [1.82, 2.24) is 9.66 Å². The van der Waals surface area contributed by atoms with Gasteiger partial charge in [0.15, 0.2) is 6.61 Å². The maximum atomic E-state index is 13.2. The first-order chi connectivity index (χ1) is 16.2. The fraction of sp³-hybridized carbons (Fsp3) is 0.273. The lowest BCUT2D eigenvalue weighted by atomic mass is 10.2. The lowest BCUT2D eigenvalue weighted by molar-refractivity contribution is -0.385. The van der Waals surface area contributed by atoms with Crippen LogP contribution in [0.1, 0.15) is 31.7 Å². The predicted molar refractivity (Wildman–Crippen MR) is 134 cm³/mol. The number of benzene rings is 2. The molecule has 1 aromatic heterocycles. The molecular formula is C22H20Br2N4O6. The molecule has 0 aliphatic rings. The Morgan fingerprint density at radius 2 is 2.00 bits per heavy atom. The van der Waals surface area contributed by atoms with Crippen molar-refractivity contribution in [3.05, 3.63) is 71.1 Å². The normalized spacial score (nSPS) is 11.2. The minimum absolute atomic E-state index is 0.146. The Balaban J connectivity index is 2.13. The first kappa shape index (κ1) is 25.5. The fourth-order valence-electron chi connectivity index (χ4n) is 3.14. The second-order valence-corrected chi connectivity index (χ2v) is 8.83. The van der Waals surface area contributed by atoms with Gasteiger partial charge in [0.25, 0.3) is 5.56 Å². The molecule has 178 valence electrons. The van der Waals surface area contributed by atoms with Crippen molar-refractivity contribution in [2.45, 2.75) is 26.7 Å². The zero-order chi connectivity index (χ0) is 24.8. The third-order valence-corrected chi connectivity index (χ3v) is 5.51. The van der Waals surface area contributed by atoms with Crippen LogP contribution in [-0.2, 0) is 16.0 Å². The topological polar surface area (TPSA) is 126 Å². The summed E-state index contributed by atoms with van der Waals surface area (Å²) in [6.07, 6.45) is 2.48. The summed E-state index contributed by atoms with van der Waals surface area (Å²) >= 11 is 6.60. The highest BCUT2D eigenvalue weighted by atomic mass is 79.9. The number of esters is 1. The number of aromatic nitrogens is 2. The number of nitro groups is 1. The van der Waals surface area contributed by atoms with Crippen molar-refractivity contribution >= 4 is 60.6 Å². The van der Waals surface area contributed by atoms with Gasteiger partial charge in [0.2, 0.25) is 5.75 Å². The van der Waals surface area contributed by atoms with E-state index in [4.69, 9.17) is 9.47 Å². The second-order valence-electron chi connectivity index (χ2n) is 7.00. The number of fused-ring (bicyclic) bond motifs is 1. The number of hydrogen-bond donors (Lipinski definition) is 0. The Bertz CT molecular complexity index is 1340. The molecule has 3 aromatic rings. The Labute approximate surface area is 211 Å². The SMILES string of the molecule is CCCc1nc2ccc(Br)cc2c(=O)n1N=Cc1cc(Br)cc([N+](=O)[O-])c1OCC(=O)OCC. The monoisotopic (exact) mass is 594 g/mol. The highest BCUT2D eigenvalue weighted by Crippen LogP contribution is 2.34. The lowest BCUT2D eigenvalue weighted by Gasteiger charge is -2.11. The van der Waals surface area contributed by atoms with Crippen LogP contribution in [-0.4, -0.2) is 40.0 Å². The largest absolute Gasteiger partial charge is 0.474 e. The van der Waals surface area contributed by atoms with Crippen LogP contribution in [0.5, 0.6) is 5.75 Å². The standard InChI is InChI=1S/C22H20Br2N4O6/c1-3-5-19-26-17-7-6-14(23)9-16(17)22(30)27(19)25-11-13-8-15(24)10-18(28(31)32)21(13)34-12-20(29)33-4-2/h6-11H,3-5,12H2,1-2H3. The zero-order valence-electron chi connectivity index (χ0n) is 18.3. The molecule has 0 atom stereocenters.